The highest BCUT2D eigenvalue weighted by Crippen LogP contribution is 2.23. The molecule has 0 aromatic carbocycles. The maximum atomic E-state index is 12.6. The normalized spacial score (nSPS) is 12.2. The smallest absolute Gasteiger partial charge is 0.422 e. The summed E-state index contributed by atoms with van der Waals surface area (Å²) in [6.45, 7) is 3.51. The highest BCUT2D eigenvalue weighted by molar-refractivity contribution is 5.98. The van der Waals surface area contributed by atoms with Crippen LogP contribution in [0.1, 0.15) is 50.6 Å². The Balaban J connectivity index is 2.13. The number of aromatic nitrogens is 2. The van der Waals surface area contributed by atoms with Crippen LogP contribution in [0.4, 0.5) is 13.2 Å². The molecule has 2 aromatic rings. The number of aryl methyl sites for hydroxylation is 2. The lowest BCUT2D eigenvalue weighted by Gasteiger charge is -2.17. The first kappa shape index (κ1) is 22.1. The summed E-state index contributed by atoms with van der Waals surface area (Å²) >= 11 is 0. The molecule has 2 amide bonds. The minimum absolute atomic E-state index is 0.119. The molecule has 2 aromatic heterocycles. The highest BCUT2D eigenvalue weighted by atomic mass is 19.4. The Morgan fingerprint density at radius 3 is 2.45 bits per heavy atom. The van der Waals surface area contributed by atoms with Crippen LogP contribution in [0.5, 0.6) is 5.88 Å². The van der Waals surface area contributed by atoms with Crippen molar-refractivity contribution in [3.8, 4) is 5.88 Å². The number of alkyl halides is 3. The van der Waals surface area contributed by atoms with Gasteiger partial charge in [0.15, 0.2) is 6.61 Å². The molecule has 10 heteroatoms. The van der Waals surface area contributed by atoms with E-state index < -0.39 is 30.6 Å². The third-order valence-electron chi connectivity index (χ3n) is 3.95. The van der Waals surface area contributed by atoms with Gasteiger partial charge in [-0.15, -0.1) is 0 Å². The van der Waals surface area contributed by atoms with Crippen LogP contribution in [0.15, 0.2) is 24.4 Å². The summed E-state index contributed by atoms with van der Waals surface area (Å²) in [5.41, 5.74) is 1.89. The molecule has 1 atom stereocenters. The Bertz CT molecular complexity index is 916. The molecule has 0 bridgehead atoms. The van der Waals surface area contributed by atoms with Crippen molar-refractivity contribution in [2.45, 2.75) is 33.0 Å². The van der Waals surface area contributed by atoms with Crippen molar-refractivity contribution in [2.24, 2.45) is 0 Å². The fraction of sp³-hybridized carbons (Fsp3) is 0.368. The predicted octanol–water partition coefficient (Wildman–Crippen LogP) is 2.89. The van der Waals surface area contributed by atoms with Gasteiger partial charge < -0.3 is 15.4 Å². The summed E-state index contributed by atoms with van der Waals surface area (Å²) in [6.07, 6.45) is -3.11. The van der Waals surface area contributed by atoms with Crippen molar-refractivity contribution in [2.75, 3.05) is 13.7 Å². The lowest BCUT2D eigenvalue weighted by Crippen LogP contribution is -2.28. The Kier molecular flexibility index (Phi) is 6.78. The number of nitrogens with zero attached hydrogens (tertiary/aromatic N) is 2. The van der Waals surface area contributed by atoms with Crippen LogP contribution in [-0.2, 0) is 0 Å². The summed E-state index contributed by atoms with van der Waals surface area (Å²) in [4.78, 5) is 32.3. The second-order valence-electron chi connectivity index (χ2n) is 6.45. The topological polar surface area (TPSA) is 93.2 Å². The van der Waals surface area contributed by atoms with E-state index in [1.165, 1.54) is 19.3 Å². The molecule has 0 spiro atoms. The molecule has 0 aliphatic rings. The molecule has 2 rings (SSSR count). The van der Waals surface area contributed by atoms with Crippen molar-refractivity contribution in [1.82, 2.24) is 20.6 Å². The van der Waals surface area contributed by atoms with Gasteiger partial charge in [0.1, 0.15) is 5.69 Å². The van der Waals surface area contributed by atoms with E-state index in [9.17, 15) is 22.8 Å². The minimum atomic E-state index is -4.45. The van der Waals surface area contributed by atoms with Gasteiger partial charge in [-0.05, 0) is 44.5 Å². The molecule has 1 unspecified atom stereocenters. The van der Waals surface area contributed by atoms with E-state index >= 15 is 0 Å². The van der Waals surface area contributed by atoms with Crippen LogP contribution in [-0.4, -0.2) is 41.6 Å². The van der Waals surface area contributed by atoms with E-state index in [-0.39, 0.29) is 17.1 Å². The average Bonchev–Trinajstić information content (AvgIpc) is 2.64. The van der Waals surface area contributed by atoms with Gasteiger partial charge in [-0.3, -0.25) is 9.59 Å². The second kappa shape index (κ2) is 8.89. The van der Waals surface area contributed by atoms with Gasteiger partial charge in [-0.25, -0.2) is 9.97 Å². The number of carbonyl (C=O) groups excluding carboxylic acids is 2. The molecule has 0 radical (unpaired) electrons. The van der Waals surface area contributed by atoms with Gasteiger partial charge in [0.05, 0.1) is 6.04 Å². The average molecular weight is 410 g/mol. The third kappa shape index (κ3) is 6.16. The number of hydrogen-bond donors (Lipinski definition) is 2. The Morgan fingerprint density at radius 2 is 1.86 bits per heavy atom. The van der Waals surface area contributed by atoms with Gasteiger partial charge in [0.2, 0.25) is 5.88 Å². The monoisotopic (exact) mass is 410 g/mol. The molecule has 0 saturated heterocycles. The number of ether oxygens (including phenoxy) is 1. The molecule has 0 saturated carbocycles. The molecule has 0 fully saturated rings. The van der Waals surface area contributed by atoms with E-state index in [0.717, 1.165) is 0 Å². The van der Waals surface area contributed by atoms with E-state index in [0.29, 0.717) is 16.8 Å². The van der Waals surface area contributed by atoms with Gasteiger partial charge >= 0.3 is 6.18 Å². The molecule has 29 heavy (non-hydrogen) atoms. The van der Waals surface area contributed by atoms with E-state index in [1.807, 2.05) is 0 Å². The summed E-state index contributed by atoms with van der Waals surface area (Å²) in [5.74, 6) is -0.960. The van der Waals surface area contributed by atoms with Gasteiger partial charge in [-0.2, -0.15) is 13.2 Å². The number of hydrogen-bond acceptors (Lipinski definition) is 5. The lowest BCUT2D eigenvalue weighted by atomic mass is 10.1. The zero-order chi connectivity index (χ0) is 21.8. The van der Waals surface area contributed by atoms with Crippen LogP contribution in [0, 0.1) is 13.8 Å². The lowest BCUT2D eigenvalue weighted by molar-refractivity contribution is -0.154. The third-order valence-corrected chi connectivity index (χ3v) is 3.95. The van der Waals surface area contributed by atoms with Crippen LogP contribution >= 0.6 is 0 Å². The fourth-order valence-corrected chi connectivity index (χ4v) is 2.53. The standard InChI is InChI=1S/C19H21F3N4O3/c1-10-5-14(8-24-18(10)29-9-19(20,21)22)12(3)26-16(27)13-6-11(2)25-15(7-13)17(28)23-4/h5-8,12H,9H2,1-4H3,(H,23,28)(H,26,27). The number of nitrogens with one attached hydrogen (secondary N) is 2. The first-order valence-electron chi connectivity index (χ1n) is 8.68. The number of halogens is 3. The highest BCUT2D eigenvalue weighted by Gasteiger charge is 2.29. The molecule has 2 N–H and O–H groups in total. The van der Waals surface area contributed by atoms with Gasteiger partial charge in [0, 0.05) is 30.1 Å². The fourth-order valence-electron chi connectivity index (χ4n) is 2.53. The molecule has 2 heterocycles. The number of amides is 2. The largest absolute Gasteiger partial charge is 0.468 e. The minimum Gasteiger partial charge on any atom is -0.468 e. The van der Waals surface area contributed by atoms with Crippen molar-refractivity contribution in [3.63, 3.8) is 0 Å². The van der Waals surface area contributed by atoms with Crippen molar-refractivity contribution in [3.05, 3.63) is 52.5 Å². The first-order chi connectivity index (χ1) is 13.5. The van der Waals surface area contributed by atoms with E-state index in [4.69, 9.17) is 0 Å². The van der Waals surface area contributed by atoms with Crippen LogP contribution < -0.4 is 15.4 Å². The molecule has 156 valence electrons. The predicted molar refractivity (Wildman–Crippen MR) is 98.8 cm³/mol. The molecular formula is C19H21F3N4O3. The van der Waals surface area contributed by atoms with Crippen LogP contribution in [0.25, 0.3) is 0 Å². The molecule has 0 aliphatic heterocycles. The first-order valence-corrected chi connectivity index (χ1v) is 8.68. The zero-order valence-corrected chi connectivity index (χ0v) is 16.3. The molecule has 7 nitrogen and oxygen atoms in total. The van der Waals surface area contributed by atoms with Crippen molar-refractivity contribution in [1.29, 1.82) is 0 Å². The zero-order valence-electron chi connectivity index (χ0n) is 16.3. The molecular weight excluding hydrogens is 389 g/mol. The Morgan fingerprint density at radius 1 is 1.17 bits per heavy atom. The number of carbonyl (C=O) groups is 2. The summed E-state index contributed by atoms with van der Waals surface area (Å²) < 4.78 is 41.5. The van der Waals surface area contributed by atoms with Gasteiger partial charge in [-0.1, -0.05) is 0 Å². The van der Waals surface area contributed by atoms with Crippen LogP contribution in [0.3, 0.4) is 0 Å². The van der Waals surface area contributed by atoms with Gasteiger partial charge in [0.25, 0.3) is 11.8 Å². The summed E-state index contributed by atoms with van der Waals surface area (Å²) in [5, 5.41) is 5.22. The second-order valence-corrected chi connectivity index (χ2v) is 6.45. The maximum absolute atomic E-state index is 12.6. The van der Waals surface area contributed by atoms with Crippen LogP contribution in [0.2, 0.25) is 0 Å². The quantitative estimate of drug-likeness (QED) is 0.764. The summed E-state index contributed by atoms with van der Waals surface area (Å²) in [7, 11) is 1.46. The van der Waals surface area contributed by atoms with Crippen molar-refractivity contribution >= 4 is 11.8 Å². The maximum Gasteiger partial charge on any atom is 0.422 e. The van der Waals surface area contributed by atoms with E-state index in [2.05, 4.69) is 25.3 Å². The number of rotatable bonds is 6. The van der Waals surface area contributed by atoms with E-state index in [1.54, 1.807) is 32.9 Å². The SMILES string of the molecule is CNC(=O)c1cc(C(=O)NC(C)c2cnc(OCC(F)(F)F)c(C)c2)cc(C)n1. The van der Waals surface area contributed by atoms with Crippen molar-refractivity contribution < 1.29 is 27.5 Å². The number of pyridine rings is 2. The molecule has 0 aliphatic carbocycles. The summed E-state index contributed by atoms with van der Waals surface area (Å²) in [6, 6.07) is 4.04. The Labute approximate surface area is 165 Å². The Hall–Kier alpha value is -3.17.